The van der Waals surface area contributed by atoms with Crippen molar-refractivity contribution in [3.8, 4) is 5.88 Å². The van der Waals surface area contributed by atoms with E-state index in [-0.39, 0.29) is 29.5 Å². The molecule has 1 unspecified atom stereocenters. The molecule has 9 heteroatoms. The summed E-state index contributed by atoms with van der Waals surface area (Å²) in [4.78, 5) is 44.6. The fourth-order valence-corrected chi connectivity index (χ4v) is 2.59. The van der Waals surface area contributed by atoms with Gasteiger partial charge in [0, 0.05) is 12.4 Å². The van der Waals surface area contributed by atoms with Gasteiger partial charge in [-0.25, -0.2) is 9.59 Å². The Morgan fingerprint density at radius 1 is 1.33 bits per heavy atom. The van der Waals surface area contributed by atoms with E-state index >= 15 is 0 Å². The van der Waals surface area contributed by atoms with E-state index in [0.29, 0.717) is 5.56 Å². The molecule has 0 spiro atoms. The summed E-state index contributed by atoms with van der Waals surface area (Å²) in [5.41, 5.74) is 5.09. The molecule has 0 fully saturated rings. The predicted octanol–water partition coefficient (Wildman–Crippen LogP) is -0.284. The van der Waals surface area contributed by atoms with Gasteiger partial charge in [-0.3, -0.25) is 19.7 Å². The molecular formula is C15H14N4O5. The van der Waals surface area contributed by atoms with Gasteiger partial charge in [0.25, 0.3) is 5.56 Å². The second-order valence-electron chi connectivity index (χ2n) is 4.97. The summed E-state index contributed by atoms with van der Waals surface area (Å²) in [6, 6.07) is 3.27. The zero-order valence-electron chi connectivity index (χ0n) is 12.7. The van der Waals surface area contributed by atoms with Gasteiger partial charge in [0.1, 0.15) is 5.57 Å². The Balaban J connectivity index is 2.28. The molecule has 0 amide bonds. The van der Waals surface area contributed by atoms with Crippen LogP contribution in [0.1, 0.15) is 24.0 Å². The summed E-state index contributed by atoms with van der Waals surface area (Å²) < 4.78 is 10.3. The van der Waals surface area contributed by atoms with Crippen LogP contribution in [-0.4, -0.2) is 27.5 Å². The van der Waals surface area contributed by atoms with Crippen molar-refractivity contribution in [3.63, 3.8) is 0 Å². The minimum atomic E-state index is -0.851. The molecule has 124 valence electrons. The zero-order chi connectivity index (χ0) is 17.3. The normalized spacial score (nSPS) is 16.3. The molecule has 0 saturated heterocycles. The number of hydrogen-bond donors (Lipinski definition) is 3. The van der Waals surface area contributed by atoms with Crippen LogP contribution >= 0.6 is 0 Å². The number of ether oxygens (including phenoxy) is 2. The van der Waals surface area contributed by atoms with Crippen LogP contribution in [0.4, 0.5) is 0 Å². The van der Waals surface area contributed by atoms with Gasteiger partial charge in [-0.15, -0.1) is 0 Å². The summed E-state index contributed by atoms with van der Waals surface area (Å²) in [5.74, 6) is -1.88. The van der Waals surface area contributed by atoms with E-state index in [9.17, 15) is 14.4 Å². The Bertz CT molecular complexity index is 929. The molecule has 1 atom stereocenters. The number of rotatable bonds is 3. The highest BCUT2D eigenvalue weighted by atomic mass is 16.5. The first-order chi connectivity index (χ1) is 11.5. The fraction of sp³-hybridized carbons (Fsp3) is 0.200. The summed E-state index contributed by atoms with van der Waals surface area (Å²) in [6.45, 7) is 1.78. The summed E-state index contributed by atoms with van der Waals surface area (Å²) in [5, 5.41) is 0. The number of H-pyrrole nitrogens is 2. The molecular weight excluding hydrogens is 316 g/mol. The summed E-state index contributed by atoms with van der Waals surface area (Å²) in [7, 11) is 0. The van der Waals surface area contributed by atoms with Crippen molar-refractivity contribution < 1.29 is 14.3 Å². The van der Waals surface area contributed by atoms with Crippen LogP contribution in [0.2, 0.25) is 0 Å². The molecule has 1 aliphatic heterocycles. The molecule has 3 heterocycles. The maximum atomic E-state index is 12.3. The molecule has 1 aliphatic rings. The van der Waals surface area contributed by atoms with Crippen LogP contribution in [0.5, 0.6) is 5.88 Å². The summed E-state index contributed by atoms with van der Waals surface area (Å²) in [6.07, 6.45) is 3.03. The van der Waals surface area contributed by atoms with Gasteiger partial charge in [0.05, 0.1) is 18.1 Å². The SMILES string of the molecule is CCOC(=O)C1=C(N)Oc2[nH]c(=O)[nH]c(=O)c2C1c1ccncc1. The second kappa shape index (κ2) is 6.03. The molecule has 3 rings (SSSR count). The number of hydrogen-bond acceptors (Lipinski definition) is 7. The van der Waals surface area contributed by atoms with E-state index < -0.39 is 23.1 Å². The van der Waals surface area contributed by atoms with E-state index in [0.717, 1.165) is 0 Å². The largest absolute Gasteiger partial charge is 0.462 e. The number of pyridine rings is 1. The Kier molecular flexibility index (Phi) is 3.90. The molecule has 9 nitrogen and oxygen atoms in total. The highest BCUT2D eigenvalue weighted by Gasteiger charge is 2.38. The van der Waals surface area contributed by atoms with Gasteiger partial charge in [-0.1, -0.05) is 0 Å². The van der Waals surface area contributed by atoms with E-state index in [4.69, 9.17) is 15.2 Å². The number of aromatic amines is 2. The number of nitrogens with two attached hydrogens (primary N) is 1. The molecule has 0 saturated carbocycles. The van der Waals surface area contributed by atoms with E-state index in [2.05, 4.69) is 15.0 Å². The Morgan fingerprint density at radius 2 is 2.04 bits per heavy atom. The topological polar surface area (TPSA) is 140 Å². The molecule has 0 bridgehead atoms. The third-order valence-corrected chi connectivity index (χ3v) is 3.53. The highest BCUT2D eigenvalue weighted by Crippen LogP contribution is 2.39. The van der Waals surface area contributed by atoms with Crippen LogP contribution in [0.25, 0.3) is 0 Å². The van der Waals surface area contributed by atoms with Crippen molar-refractivity contribution >= 4 is 5.97 Å². The molecule has 0 aliphatic carbocycles. The van der Waals surface area contributed by atoms with Crippen molar-refractivity contribution in [1.29, 1.82) is 0 Å². The number of carbonyl (C=O) groups is 1. The number of aromatic nitrogens is 3. The van der Waals surface area contributed by atoms with E-state index in [1.807, 2.05) is 0 Å². The number of carbonyl (C=O) groups excluding carboxylic acids is 1. The number of esters is 1. The Hall–Kier alpha value is -3.36. The van der Waals surface area contributed by atoms with Gasteiger partial charge in [-0.05, 0) is 24.6 Å². The van der Waals surface area contributed by atoms with Gasteiger partial charge < -0.3 is 15.2 Å². The quantitative estimate of drug-likeness (QED) is 0.657. The molecule has 4 N–H and O–H groups in total. The van der Waals surface area contributed by atoms with Gasteiger partial charge >= 0.3 is 11.7 Å². The van der Waals surface area contributed by atoms with E-state index in [1.54, 1.807) is 19.1 Å². The van der Waals surface area contributed by atoms with Crippen molar-refractivity contribution in [2.24, 2.45) is 5.73 Å². The van der Waals surface area contributed by atoms with Crippen molar-refractivity contribution in [3.05, 3.63) is 67.9 Å². The lowest BCUT2D eigenvalue weighted by Crippen LogP contribution is -2.35. The molecule has 0 radical (unpaired) electrons. The van der Waals surface area contributed by atoms with Crippen LogP contribution in [-0.2, 0) is 9.53 Å². The smallest absolute Gasteiger partial charge is 0.340 e. The van der Waals surface area contributed by atoms with Gasteiger partial charge in [0.2, 0.25) is 11.8 Å². The van der Waals surface area contributed by atoms with Crippen molar-refractivity contribution in [2.45, 2.75) is 12.8 Å². The maximum Gasteiger partial charge on any atom is 0.340 e. The fourth-order valence-electron chi connectivity index (χ4n) is 2.59. The van der Waals surface area contributed by atoms with Crippen LogP contribution in [0.15, 0.2) is 45.6 Å². The number of nitrogens with one attached hydrogen (secondary N) is 2. The first kappa shape index (κ1) is 15.5. The first-order valence-electron chi connectivity index (χ1n) is 7.14. The monoisotopic (exact) mass is 330 g/mol. The lowest BCUT2D eigenvalue weighted by atomic mass is 9.85. The lowest BCUT2D eigenvalue weighted by molar-refractivity contribution is -0.139. The maximum absolute atomic E-state index is 12.3. The summed E-state index contributed by atoms with van der Waals surface area (Å²) >= 11 is 0. The Morgan fingerprint density at radius 3 is 2.71 bits per heavy atom. The predicted molar refractivity (Wildman–Crippen MR) is 82.2 cm³/mol. The Labute approximate surface area is 135 Å². The average Bonchev–Trinajstić information content (AvgIpc) is 2.54. The van der Waals surface area contributed by atoms with Gasteiger partial charge in [0.15, 0.2) is 0 Å². The van der Waals surface area contributed by atoms with Crippen LogP contribution in [0, 0.1) is 0 Å². The lowest BCUT2D eigenvalue weighted by Gasteiger charge is -2.26. The van der Waals surface area contributed by atoms with Crippen molar-refractivity contribution in [1.82, 2.24) is 15.0 Å². The number of fused-ring (bicyclic) bond motifs is 1. The third kappa shape index (κ3) is 2.56. The third-order valence-electron chi connectivity index (χ3n) is 3.53. The standard InChI is InChI=1S/C15H14N4O5/c1-2-23-14(21)9-8(7-3-5-17-6-4-7)10-12(20)18-15(22)19-13(10)24-11(9)16/h3-6,8H,2,16H2,1H3,(H2,18,19,20,22). The molecule has 2 aromatic heterocycles. The minimum absolute atomic E-state index is 0.00639. The zero-order valence-corrected chi connectivity index (χ0v) is 12.7. The minimum Gasteiger partial charge on any atom is -0.462 e. The van der Waals surface area contributed by atoms with Crippen LogP contribution in [0.3, 0.4) is 0 Å². The molecule has 24 heavy (non-hydrogen) atoms. The highest BCUT2D eigenvalue weighted by molar-refractivity contribution is 5.92. The van der Waals surface area contributed by atoms with Gasteiger partial charge in [-0.2, -0.15) is 0 Å². The second-order valence-corrected chi connectivity index (χ2v) is 4.97. The molecule has 0 aromatic carbocycles. The van der Waals surface area contributed by atoms with E-state index in [1.165, 1.54) is 12.4 Å². The number of nitrogens with zero attached hydrogens (tertiary/aromatic N) is 1. The molecule has 2 aromatic rings. The van der Waals surface area contributed by atoms with Crippen LogP contribution < -0.4 is 21.7 Å². The first-order valence-corrected chi connectivity index (χ1v) is 7.14. The average molecular weight is 330 g/mol. The van der Waals surface area contributed by atoms with Crippen molar-refractivity contribution in [2.75, 3.05) is 6.61 Å².